The van der Waals surface area contributed by atoms with Crippen molar-refractivity contribution in [2.75, 3.05) is 6.61 Å². The first-order chi connectivity index (χ1) is 15.3. The fraction of sp³-hybridized carbons (Fsp3) is 0.760. The lowest BCUT2D eigenvalue weighted by Crippen LogP contribution is -2.69. The molecule has 8 heteroatoms. The highest BCUT2D eigenvalue weighted by molar-refractivity contribution is 9.10. The predicted octanol–water partition coefficient (Wildman–Crippen LogP) is 3.44. The number of aliphatic hydroxyl groups excluding tert-OH is 1. The highest BCUT2D eigenvalue weighted by Crippen LogP contribution is 2.72. The second-order valence-corrected chi connectivity index (χ2v) is 12.1. The first kappa shape index (κ1) is 24.6. The third-order valence-corrected chi connectivity index (χ3v) is 11.3. The number of carbonyl (C=O) groups is 4. The number of allylic oxidation sites excluding steroid dienone is 1. The van der Waals surface area contributed by atoms with E-state index >= 15 is 0 Å². The molecule has 0 spiro atoms. The molecule has 182 valence electrons. The van der Waals surface area contributed by atoms with Gasteiger partial charge >= 0.3 is 11.9 Å². The number of ketones is 2. The Balaban J connectivity index is 1.77. The van der Waals surface area contributed by atoms with Gasteiger partial charge in [0.2, 0.25) is 5.78 Å². The summed E-state index contributed by atoms with van der Waals surface area (Å²) in [5, 5.41) is 11.7. The van der Waals surface area contributed by atoms with Gasteiger partial charge in [0.25, 0.3) is 0 Å². The molecule has 0 aromatic carbocycles. The summed E-state index contributed by atoms with van der Waals surface area (Å²) >= 11 is 4.03. The van der Waals surface area contributed by atoms with E-state index in [0.29, 0.717) is 25.7 Å². The van der Waals surface area contributed by atoms with Gasteiger partial charge in [-0.3, -0.25) is 19.2 Å². The topological polar surface area (TPSA) is 107 Å². The van der Waals surface area contributed by atoms with Crippen molar-refractivity contribution >= 4 is 39.4 Å². The molecular weight excluding hydrogens is 492 g/mol. The number of halogens is 1. The van der Waals surface area contributed by atoms with Crippen LogP contribution in [0.4, 0.5) is 0 Å². The molecule has 4 aliphatic rings. The number of rotatable bonds is 4. The van der Waals surface area contributed by atoms with E-state index in [2.05, 4.69) is 22.9 Å². The lowest BCUT2D eigenvalue weighted by atomic mass is 9.45. The van der Waals surface area contributed by atoms with E-state index in [9.17, 15) is 24.3 Å². The van der Waals surface area contributed by atoms with Crippen molar-refractivity contribution in [3.8, 4) is 0 Å². The maximum Gasteiger partial charge on any atom is 0.303 e. The van der Waals surface area contributed by atoms with E-state index in [-0.39, 0.29) is 29.5 Å². The predicted molar refractivity (Wildman–Crippen MR) is 122 cm³/mol. The third kappa shape index (κ3) is 3.30. The summed E-state index contributed by atoms with van der Waals surface area (Å²) in [5.74, 6) is -1.39. The minimum Gasteiger partial charge on any atom is -0.458 e. The Morgan fingerprint density at radius 2 is 1.79 bits per heavy atom. The van der Waals surface area contributed by atoms with Crippen molar-refractivity contribution in [3.63, 3.8) is 0 Å². The van der Waals surface area contributed by atoms with Crippen LogP contribution in [-0.4, -0.2) is 51.2 Å². The molecule has 0 aromatic rings. The molecule has 4 rings (SSSR count). The molecule has 0 aliphatic heterocycles. The number of aliphatic hydroxyl groups is 1. The van der Waals surface area contributed by atoms with Gasteiger partial charge in [0.15, 0.2) is 18.0 Å². The summed E-state index contributed by atoms with van der Waals surface area (Å²) in [6.45, 7) is 6.13. The first-order valence-electron chi connectivity index (χ1n) is 11.8. The SMILES string of the molecule is CC(=O)OCC(=O)[C@@]1(OC(C)=O)CC[C@H]2[C@@H]3CCC4=CC(=O)CC[C@]4(C)[C@@]3(Br)[C@@H](O)C[C@@]21C. The molecular formula is C25H33BrO7. The average Bonchev–Trinajstić information content (AvgIpc) is 3.00. The van der Waals surface area contributed by atoms with Crippen LogP contribution >= 0.6 is 15.9 Å². The van der Waals surface area contributed by atoms with E-state index in [1.807, 2.05) is 6.92 Å². The summed E-state index contributed by atoms with van der Waals surface area (Å²) in [4.78, 5) is 49.1. The van der Waals surface area contributed by atoms with E-state index in [4.69, 9.17) is 9.47 Å². The van der Waals surface area contributed by atoms with Crippen LogP contribution in [0, 0.1) is 22.7 Å². The summed E-state index contributed by atoms with van der Waals surface area (Å²) in [6, 6.07) is 0. The van der Waals surface area contributed by atoms with Crippen molar-refractivity contribution in [2.24, 2.45) is 22.7 Å². The van der Waals surface area contributed by atoms with E-state index in [1.165, 1.54) is 13.8 Å². The second kappa shape index (κ2) is 8.01. The Bertz CT molecular complexity index is 943. The summed E-state index contributed by atoms with van der Waals surface area (Å²) in [6.07, 6.45) is 4.85. The molecule has 0 radical (unpaired) electrons. The number of fused-ring (bicyclic) bond motifs is 5. The molecule has 0 unspecified atom stereocenters. The maximum atomic E-state index is 13.4. The number of hydrogen-bond donors (Lipinski definition) is 1. The summed E-state index contributed by atoms with van der Waals surface area (Å²) in [5.41, 5.74) is -1.55. The van der Waals surface area contributed by atoms with E-state index in [0.717, 1.165) is 18.4 Å². The number of alkyl halides is 1. The van der Waals surface area contributed by atoms with Crippen molar-refractivity contribution in [2.45, 2.75) is 88.7 Å². The van der Waals surface area contributed by atoms with Crippen LogP contribution in [0.5, 0.6) is 0 Å². The third-order valence-electron chi connectivity index (χ3n) is 9.34. The Hall–Kier alpha value is -1.54. The lowest BCUT2D eigenvalue weighted by Gasteiger charge is -2.65. The van der Waals surface area contributed by atoms with Crippen molar-refractivity contribution in [1.29, 1.82) is 0 Å². The van der Waals surface area contributed by atoms with Crippen LogP contribution in [-0.2, 0) is 28.7 Å². The number of hydrogen-bond acceptors (Lipinski definition) is 7. The van der Waals surface area contributed by atoms with Crippen LogP contribution in [0.1, 0.15) is 72.6 Å². The Labute approximate surface area is 202 Å². The summed E-state index contributed by atoms with van der Waals surface area (Å²) in [7, 11) is 0. The number of carbonyl (C=O) groups excluding carboxylic acids is 4. The van der Waals surface area contributed by atoms with Crippen molar-refractivity contribution in [3.05, 3.63) is 11.6 Å². The molecule has 3 fully saturated rings. The Kier molecular flexibility index (Phi) is 5.96. The van der Waals surface area contributed by atoms with Crippen LogP contribution in [0.25, 0.3) is 0 Å². The van der Waals surface area contributed by atoms with Crippen LogP contribution < -0.4 is 0 Å². The van der Waals surface area contributed by atoms with E-state index in [1.54, 1.807) is 6.08 Å². The van der Waals surface area contributed by atoms with Gasteiger partial charge in [-0.2, -0.15) is 0 Å². The van der Waals surface area contributed by atoms with Gasteiger partial charge in [0.1, 0.15) is 0 Å². The Morgan fingerprint density at radius 1 is 1.09 bits per heavy atom. The van der Waals surface area contributed by atoms with Gasteiger partial charge < -0.3 is 14.6 Å². The molecule has 0 saturated heterocycles. The van der Waals surface area contributed by atoms with E-state index < -0.39 is 45.8 Å². The number of ether oxygens (including phenoxy) is 2. The highest BCUT2D eigenvalue weighted by Gasteiger charge is 2.74. The zero-order chi connectivity index (χ0) is 24.4. The summed E-state index contributed by atoms with van der Waals surface area (Å²) < 4.78 is 10.2. The minimum absolute atomic E-state index is 0.0110. The molecule has 1 N–H and O–H groups in total. The number of esters is 2. The van der Waals surface area contributed by atoms with Crippen molar-refractivity contribution < 1.29 is 33.8 Å². The maximum absolute atomic E-state index is 13.4. The molecule has 7 nitrogen and oxygen atoms in total. The zero-order valence-electron chi connectivity index (χ0n) is 19.7. The quantitative estimate of drug-likeness (QED) is 0.443. The monoisotopic (exact) mass is 524 g/mol. The van der Waals surface area contributed by atoms with Gasteiger partial charge in [-0.05, 0) is 56.4 Å². The highest BCUT2D eigenvalue weighted by atomic mass is 79.9. The molecule has 0 amide bonds. The smallest absolute Gasteiger partial charge is 0.303 e. The van der Waals surface area contributed by atoms with Gasteiger partial charge in [0.05, 0.1) is 10.4 Å². The lowest BCUT2D eigenvalue weighted by molar-refractivity contribution is -0.197. The second-order valence-electron chi connectivity index (χ2n) is 10.8. The van der Waals surface area contributed by atoms with Gasteiger partial charge in [-0.25, -0.2) is 0 Å². The molecule has 0 bridgehead atoms. The van der Waals surface area contributed by atoms with Crippen LogP contribution in [0.15, 0.2) is 11.6 Å². The number of Topliss-reactive ketones (excluding diaryl/α,β-unsaturated/α-hetero) is 1. The molecule has 3 saturated carbocycles. The van der Waals surface area contributed by atoms with Crippen LogP contribution in [0.3, 0.4) is 0 Å². The van der Waals surface area contributed by atoms with Gasteiger partial charge in [0, 0.05) is 31.1 Å². The average molecular weight is 525 g/mol. The molecule has 33 heavy (non-hydrogen) atoms. The largest absolute Gasteiger partial charge is 0.458 e. The molecule has 0 aromatic heterocycles. The first-order valence-corrected chi connectivity index (χ1v) is 12.6. The molecule has 0 heterocycles. The normalized spacial score (nSPS) is 44.1. The fourth-order valence-corrected chi connectivity index (χ4v) is 8.93. The molecule has 7 atom stereocenters. The minimum atomic E-state index is -1.45. The van der Waals surface area contributed by atoms with Crippen molar-refractivity contribution in [1.82, 2.24) is 0 Å². The Morgan fingerprint density at radius 3 is 2.42 bits per heavy atom. The van der Waals surface area contributed by atoms with Gasteiger partial charge in [-0.15, -0.1) is 0 Å². The zero-order valence-corrected chi connectivity index (χ0v) is 21.3. The van der Waals surface area contributed by atoms with Crippen LogP contribution in [0.2, 0.25) is 0 Å². The standard InChI is InChI=1S/C25H33BrO7/c1-14(27)32-13-21(31)24(33-15(2)28)10-8-18-19-6-5-16-11-17(29)7-9-22(16,3)25(19,26)20(30)12-23(18,24)4/h11,18-20,30H,5-10,12-13H2,1-4H3/t18-,19-,20-,22-,23-,24-,25-/m0/s1. The molecule has 4 aliphatic carbocycles. The van der Waals surface area contributed by atoms with Gasteiger partial charge in [-0.1, -0.05) is 35.4 Å². The fourth-order valence-electron chi connectivity index (χ4n) is 7.77.